The van der Waals surface area contributed by atoms with Gasteiger partial charge in [0.15, 0.2) is 0 Å². The van der Waals surface area contributed by atoms with Gasteiger partial charge in [0.1, 0.15) is 6.20 Å². The summed E-state index contributed by atoms with van der Waals surface area (Å²) in [4.78, 5) is 19.6. The summed E-state index contributed by atoms with van der Waals surface area (Å²) >= 11 is 0. The van der Waals surface area contributed by atoms with Crippen molar-refractivity contribution in [2.45, 2.75) is 19.9 Å². The first-order valence-electron chi connectivity index (χ1n) is 4.68. The van der Waals surface area contributed by atoms with Crippen molar-refractivity contribution < 1.29 is 4.92 Å². The Bertz CT molecular complexity index is 394. The van der Waals surface area contributed by atoms with Crippen LogP contribution in [-0.2, 0) is 0 Å². The lowest BCUT2D eigenvalue weighted by Crippen LogP contribution is -2.28. The van der Waals surface area contributed by atoms with Crippen molar-refractivity contribution in [1.29, 1.82) is 0 Å². The number of hydrazine groups is 1. The third-order valence-corrected chi connectivity index (χ3v) is 2.18. The third kappa shape index (κ3) is 2.34. The average Bonchev–Trinajstić information content (AvgIpc) is 2.26. The second kappa shape index (κ2) is 4.71. The Morgan fingerprint density at radius 2 is 2.25 bits per heavy atom. The maximum absolute atomic E-state index is 10.8. The number of nitrogens with zero attached hydrogens (tertiary/aromatic N) is 4. The molecule has 8 heteroatoms. The van der Waals surface area contributed by atoms with E-state index in [1.165, 1.54) is 0 Å². The van der Waals surface area contributed by atoms with Gasteiger partial charge in [-0.15, -0.1) is 0 Å². The molecule has 0 aliphatic carbocycles. The molecule has 0 aliphatic heterocycles. The van der Waals surface area contributed by atoms with Gasteiger partial charge >= 0.3 is 5.69 Å². The second-order valence-corrected chi connectivity index (χ2v) is 3.51. The number of anilines is 2. The number of nitrogens with one attached hydrogen (secondary N) is 1. The lowest BCUT2D eigenvalue weighted by molar-refractivity contribution is -0.384. The van der Waals surface area contributed by atoms with Crippen LogP contribution in [0.1, 0.15) is 13.8 Å². The zero-order valence-corrected chi connectivity index (χ0v) is 9.34. The predicted octanol–water partition coefficient (Wildman–Crippen LogP) is 0.515. The van der Waals surface area contributed by atoms with Crippen LogP contribution in [-0.4, -0.2) is 28.0 Å². The Morgan fingerprint density at radius 3 is 2.69 bits per heavy atom. The summed E-state index contributed by atoms with van der Waals surface area (Å²) in [6.07, 6.45) is 1.14. The van der Waals surface area contributed by atoms with Gasteiger partial charge in [-0.25, -0.2) is 10.8 Å². The van der Waals surface area contributed by atoms with Crippen molar-refractivity contribution >= 4 is 17.5 Å². The second-order valence-electron chi connectivity index (χ2n) is 3.51. The van der Waals surface area contributed by atoms with Crippen molar-refractivity contribution in [3.63, 3.8) is 0 Å². The van der Waals surface area contributed by atoms with Crippen LogP contribution in [0.3, 0.4) is 0 Å². The van der Waals surface area contributed by atoms with Crippen LogP contribution < -0.4 is 16.2 Å². The molecule has 16 heavy (non-hydrogen) atoms. The molecule has 0 radical (unpaired) electrons. The summed E-state index contributed by atoms with van der Waals surface area (Å²) in [5, 5.41) is 10.8. The summed E-state index contributed by atoms with van der Waals surface area (Å²) in [6.45, 7) is 3.81. The number of aromatic nitrogens is 2. The maximum atomic E-state index is 10.8. The molecule has 0 fully saturated rings. The molecule has 0 bridgehead atoms. The minimum Gasteiger partial charge on any atom is -0.351 e. The molecule has 0 saturated heterocycles. The highest BCUT2D eigenvalue weighted by molar-refractivity contribution is 5.58. The van der Waals surface area contributed by atoms with Crippen LogP contribution in [0.25, 0.3) is 0 Å². The fourth-order valence-electron chi connectivity index (χ4n) is 1.07. The highest BCUT2D eigenvalue weighted by atomic mass is 16.6. The van der Waals surface area contributed by atoms with Crippen LogP contribution in [0.15, 0.2) is 6.20 Å². The van der Waals surface area contributed by atoms with Crippen LogP contribution in [0.2, 0.25) is 0 Å². The molecule has 8 nitrogen and oxygen atoms in total. The molecule has 0 aromatic carbocycles. The third-order valence-electron chi connectivity index (χ3n) is 2.18. The van der Waals surface area contributed by atoms with Crippen molar-refractivity contribution in [1.82, 2.24) is 9.97 Å². The summed E-state index contributed by atoms with van der Waals surface area (Å²) in [7, 11) is 1.72. The van der Waals surface area contributed by atoms with Crippen LogP contribution >= 0.6 is 0 Å². The van der Waals surface area contributed by atoms with Gasteiger partial charge in [-0.2, -0.15) is 4.98 Å². The molecule has 0 atom stereocenters. The smallest absolute Gasteiger partial charge is 0.329 e. The van der Waals surface area contributed by atoms with Crippen molar-refractivity contribution in [2.24, 2.45) is 5.84 Å². The van der Waals surface area contributed by atoms with E-state index in [1.54, 1.807) is 11.9 Å². The number of rotatable bonds is 4. The van der Waals surface area contributed by atoms with Gasteiger partial charge in [0.25, 0.3) is 0 Å². The first-order chi connectivity index (χ1) is 7.47. The molecule has 0 unspecified atom stereocenters. The Morgan fingerprint density at radius 1 is 1.62 bits per heavy atom. The van der Waals surface area contributed by atoms with Gasteiger partial charge in [0.2, 0.25) is 11.8 Å². The molecule has 88 valence electrons. The first-order valence-corrected chi connectivity index (χ1v) is 4.68. The summed E-state index contributed by atoms with van der Waals surface area (Å²) in [5.74, 6) is 5.54. The number of hydrogen-bond acceptors (Lipinski definition) is 7. The summed E-state index contributed by atoms with van der Waals surface area (Å²) in [5.41, 5.74) is 2.11. The van der Waals surface area contributed by atoms with Crippen LogP contribution in [0.5, 0.6) is 0 Å². The van der Waals surface area contributed by atoms with E-state index in [4.69, 9.17) is 5.84 Å². The Balaban J connectivity index is 3.25. The van der Waals surface area contributed by atoms with E-state index >= 15 is 0 Å². The van der Waals surface area contributed by atoms with E-state index in [1.807, 2.05) is 13.8 Å². The van der Waals surface area contributed by atoms with E-state index in [0.717, 1.165) is 6.20 Å². The highest BCUT2D eigenvalue weighted by Gasteiger charge is 2.21. The molecule has 1 aromatic rings. The van der Waals surface area contributed by atoms with Gasteiger partial charge in [-0.1, -0.05) is 0 Å². The zero-order valence-electron chi connectivity index (χ0n) is 9.34. The van der Waals surface area contributed by atoms with Crippen molar-refractivity contribution in [3.05, 3.63) is 16.3 Å². The van der Waals surface area contributed by atoms with Gasteiger partial charge in [-0.3, -0.25) is 15.5 Å². The number of nitro groups is 1. The van der Waals surface area contributed by atoms with Gasteiger partial charge in [-0.05, 0) is 13.8 Å². The minimum absolute atomic E-state index is 0.0826. The Labute approximate surface area is 92.6 Å². The highest BCUT2D eigenvalue weighted by Crippen LogP contribution is 2.25. The minimum atomic E-state index is -0.519. The molecule has 0 spiro atoms. The first kappa shape index (κ1) is 12.1. The molecule has 0 saturated carbocycles. The number of nitrogens with two attached hydrogens (primary N) is 1. The Kier molecular flexibility index (Phi) is 3.56. The SMILES string of the molecule is CC(C)N(C)c1nc(NN)ncc1[N+](=O)[O-]. The van der Waals surface area contributed by atoms with E-state index in [-0.39, 0.29) is 23.5 Å². The topological polar surface area (TPSA) is 110 Å². The van der Waals surface area contributed by atoms with Crippen LogP contribution in [0.4, 0.5) is 17.5 Å². The van der Waals surface area contributed by atoms with Gasteiger partial charge < -0.3 is 4.90 Å². The quantitative estimate of drug-likeness (QED) is 0.437. The molecule has 0 aliphatic rings. The summed E-state index contributed by atoms with van der Waals surface area (Å²) < 4.78 is 0. The predicted molar refractivity (Wildman–Crippen MR) is 60.0 cm³/mol. The summed E-state index contributed by atoms with van der Waals surface area (Å²) in [6, 6.07) is 0.0826. The van der Waals surface area contributed by atoms with Gasteiger partial charge in [0, 0.05) is 13.1 Å². The van der Waals surface area contributed by atoms with E-state index in [2.05, 4.69) is 15.4 Å². The van der Waals surface area contributed by atoms with E-state index in [9.17, 15) is 10.1 Å². The van der Waals surface area contributed by atoms with Crippen LogP contribution in [0, 0.1) is 10.1 Å². The number of nitrogen functional groups attached to an aromatic ring is 1. The molecule has 3 N–H and O–H groups in total. The standard InChI is InChI=1S/C8H14N6O2/c1-5(2)13(3)7-6(14(15)16)4-10-8(11-7)12-9/h4-5H,9H2,1-3H3,(H,10,11,12). The van der Waals surface area contributed by atoms with Gasteiger partial charge in [0.05, 0.1) is 4.92 Å². The van der Waals surface area contributed by atoms with E-state index < -0.39 is 4.92 Å². The maximum Gasteiger partial charge on any atom is 0.329 e. The van der Waals surface area contributed by atoms with E-state index in [0.29, 0.717) is 0 Å². The fraction of sp³-hybridized carbons (Fsp3) is 0.500. The lowest BCUT2D eigenvalue weighted by atomic mass is 10.3. The average molecular weight is 226 g/mol. The number of hydrogen-bond donors (Lipinski definition) is 2. The fourth-order valence-corrected chi connectivity index (χ4v) is 1.07. The monoisotopic (exact) mass is 226 g/mol. The molecule has 1 aromatic heterocycles. The normalized spacial score (nSPS) is 10.3. The zero-order chi connectivity index (χ0) is 12.3. The van der Waals surface area contributed by atoms with Crippen molar-refractivity contribution in [2.75, 3.05) is 17.4 Å². The lowest BCUT2D eigenvalue weighted by Gasteiger charge is -2.22. The van der Waals surface area contributed by atoms with Crippen molar-refractivity contribution in [3.8, 4) is 0 Å². The molecular formula is C8H14N6O2. The molecule has 1 rings (SSSR count). The molecule has 1 heterocycles. The molecular weight excluding hydrogens is 212 g/mol. The molecule has 0 amide bonds. The largest absolute Gasteiger partial charge is 0.351 e. The Hall–Kier alpha value is -1.96.